The normalized spacial score (nSPS) is 22.3. The molecule has 2 atom stereocenters. The van der Waals surface area contributed by atoms with Gasteiger partial charge in [-0.2, -0.15) is 0 Å². The molecule has 3 heteroatoms. The van der Waals surface area contributed by atoms with Crippen molar-refractivity contribution in [3.63, 3.8) is 0 Å². The van der Waals surface area contributed by atoms with Gasteiger partial charge in [-0.1, -0.05) is 44.2 Å². The molecule has 0 aromatic heterocycles. The summed E-state index contributed by atoms with van der Waals surface area (Å²) >= 11 is 0. The molecule has 1 fully saturated rings. The van der Waals surface area contributed by atoms with Gasteiger partial charge >= 0.3 is 0 Å². The molecule has 0 saturated carbocycles. The van der Waals surface area contributed by atoms with E-state index in [1.165, 1.54) is 18.4 Å². The van der Waals surface area contributed by atoms with Gasteiger partial charge in [0.2, 0.25) is 0 Å². The fraction of sp³-hybridized carbons (Fsp3) is 0.667. The molecule has 1 aliphatic heterocycles. The zero-order valence-corrected chi connectivity index (χ0v) is 13.7. The first-order chi connectivity index (χ1) is 10.1. The van der Waals surface area contributed by atoms with Gasteiger partial charge in [0.25, 0.3) is 0 Å². The van der Waals surface area contributed by atoms with E-state index < -0.39 is 0 Å². The molecule has 1 aliphatic rings. The summed E-state index contributed by atoms with van der Waals surface area (Å²) in [4.78, 5) is 2.40. The molecular weight excluding hydrogens is 260 g/mol. The van der Waals surface area contributed by atoms with Crippen LogP contribution >= 0.6 is 0 Å². The van der Waals surface area contributed by atoms with Crippen molar-refractivity contribution in [3.05, 3.63) is 35.9 Å². The van der Waals surface area contributed by atoms with Gasteiger partial charge in [-0.05, 0) is 31.9 Å². The van der Waals surface area contributed by atoms with E-state index in [4.69, 9.17) is 4.74 Å². The Kier molecular flexibility index (Phi) is 6.68. The molecule has 1 aromatic rings. The molecule has 118 valence electrons. The van der Waals surface area contributed by atoms with E-state index in [0.29, 0.717) is 18.2 Å². The number of rotatable bonds is 8. The Morgan fingerprint density at radius 1 is 1.19 bits per heavy atom. The van der Waals surface area contributed by atoms with Crippen LogP contribution in [0.4, 0.5) is 0 Å². The molecule has 0 amide bonds. The van der Waals surface area contributed by atoms with E-state index in [2.05, 4.69) is 61.4 Å². The Bertz CT molecular complexity index is 393. The monoisotopic (exact) mass is 290 g/mol. The van der Waals surface area contributed by atoms with E-state index in [1.54, 1.807) is 0 Å². The van der Waals surface area contributed by atoms with Gasteiger partial charge in [-0.25, -0.2) is 0 Å². The summed E-state index contributed by atoms with van der Waals surface area (Å²) in [6, 6.07) is 11.2. The Labute approximate surface area is 129 Å². The summed E-state index contributed by atoms with van der Waals surface area (Å²) in [6.45, 7) is 7.50. The number of likely N-dealkylation sites (N-methyl/N-ethyl adjacent to an activating group) is 1. The molecule has 0 bridgehead atoms. The smallest absolute Gasteiger partial charge is 0.0707 e. The van der Waals surface area contributed by atoms with Crippen molar-refractivity contribution >= 4 is 0 Å². The minimum Gasteiger partial charge on any atom is -0.372 e. The molecule has 0 spiro atoms. The minimum atomic E-state index is 0.403. The summed E-state index contributed by atoms with van der Waals surface area (Å²) in [5, 5.41) is 3.47. The van der Waals surface area contributed by atoms with Crippen molar-refractivity contribution in [2.75, 3.05) is 26.7 Å². The Balaban J connectivity index is 1.63. The van der Waals surface area contributed by atoms with Crippen LogP contribution in [0.5, 0.6) is 0 Å². The predicted molar refractivity (Wildman–Crippen MR) is 88.7 cm³/mol. The van der Waals surface area contributed by atoms with Crippen LogP contribution in [0.15, 0.2) is 30.3 Å². The van der Waals surface area contributed by atoms with Gasteiger partial charge in [-0.3, -0.25) is 0 Å². The topological polar surface area (TPSA) is 24.5 Å². The quantitative estimate of drug-likeness (QED) is 0.797. The van der Waals surface area contributed by atoms with Crippen LogP contribution in [0.3, 0.4) is 0 Å². The second-order valence-electron chi connectivity index (χ2n) is 6.52. The van der Waals surface area contributed by atoms with Crippen molar-refractivity contribution in [3.8, 4) is 0 Å². The zero-order valence-electron chi connectivity index (χ0n) is 13.7. The van der Waals surface area contributed by atoms with Crippen LogP contribution in [0.1, 0.15) is 32.3 Å². The van der Waals surface area contributed by atoms with E-state index in [1.807, 2.05) is 0 Å². The Morgan fingerprint density at radius 3 is 2.62 bits per heavy atom. The highest BCUT2D eigenvalue weighted by molar-refractivity contribution is 5.14. The molecular formula is C18H30N2O. The molecule has 2 rings (SSSR count). The van der Waals surface area contributed by atoms with Crippen molar-refractivity contribution in [1.82, 2.24) is 10.2 Å². The summed E-state index contributed by atoms with van der Waals surface area (Å²) in [5.41, 5.74) is 1.41. The maximum absolute atomic E-state index is 6.13. The van der Waals surface area contributed by atoms with Crippen LogP contribution < -0.4 is 5.32 Å². The summed E-state index contributed by atoms with van der Waals surface area (Å²) < 4.78 is 6.13. The van der Waals surface area contributed by atoms with Gasteiger partial charge in [0.05, 0.1) is 12.2 Å². The first kappa shape index (κ1) is 16.5. The highest BCUT2D eigenvalue weighted by Crippen LogP contribution is 2.20. The third-order valence-electron chi connectivity index (χ3n) is 4.09. The lowest BCUT2D eigenvalue weighted by Crippen LogP contribution is -2.34. The van der Waals surface area contributed by atoms with Crippen LogP contribution in [0.2, 0.25) is 0 Å². The third-order valence-corrected chi connectivity index (χ3v) is 4.09. The van der Waals surface area contributed by atoms with E-state index in [-0.39, 0.29) is 0 Å². The van der Waals surface area contributed by atoms with Crippen LogP contribution in [0.25, 0.3) is 0 Å². The lowest BCUT2D eigenvalue weighted by molar-refractivity contribution is 0.0273. The Morgan fingerprint density at radius 2 is 1.90 bits per heavy atom. The first-order valence-electron chi connectivity index (χ1n) is 8.25. The maximum atomic E-state index is 6.13. The largest absolute Gasteiger partial charge is 0.372 e. The predicted octanol–water partition coefficient (Wildman–Crippen LogP) is 2.71. The maximum Gasteiger partial charge on any atom is 0.0707 e. The third kappa shape index (κ3) is 6.16. The average molecular weight is 290 g/mol. The molecule has 1 saturated heterocycles. The molecule has 1 N–H and O–H groups in total. The highest BCUT2D eigenvalue weighted by atomic mass is 16.5. The van der Waals surface area contributed by atoms with Gasteiger partial charge in [-0.15, -0.1) is 0 Å². The SMILES string of the molecule is CC(C)NCC1CCC(CN(C)CCc2ccccc2)O1. The molecule has 2 unspecified atom stereocenters. The molecule has 0 radical (unpaired) electrons. The summed E-state index contributed by atoms with van der Waals surface area (Å²) in [6.07, 6.45) is 4.31. The average Bonchev–Trinajstić information content (AvgIpc) is 2.91. The number of hydrogen-bond acceptors (Lipinski definition) is 3. The van der Waals surface area contributed by atoms with Crippen LogP contribution in [-0.4, -0.2) is 49.8 Å². The van der Waals surface area contributed by atoms with Crippen molar-refractivity contribution in [2.24, 2.45) is 0 Å². The van der Waals surface area contributed by atoms with Crippen molar-refractivity contribution in [2.45, 2.75) is 51.4 Å². The van der Waals surface area contributed by atoms with Crippen molar-refractivity contribution in [1.29, 1.82) is 0 Å². The fourth-order valence-corrected chi connectivity index (χ4v) is 2.84. The van der Waals surface area contributed by atoms with Gasteiger partial charge in [0.1, 0.15) is 0 Å². The van der Waals surface area contributed by atoms with E-state index >= 15 is 0 Å². The molecule has 21 heavy (non-hydrogen) atoms. The highest BCUT2D eigenvalue weighted by Gasteiger charge is 2.25. The lowest BCUT2D eigenvalue weighted by Gasteiger charge is -2.22. The number of ether oxygens (including phenoxy) is 1. The molecule has 3 nitrogen and oxygen atoms in total. The number of nitrogens with zero attached hydrogens (tertiary/aromatic N) is 1. The van der Waals surface area contributed by atoms with E-state index in [9.17, 15) is 0 Å². The number of benzene rings is 1. The second-order valence-corrected chi connectivity index (χ2v) is 6.52. The molecule has 1 aromatic carbocycles. The molecule has 0 aliphatic carbocycles. The first-order valence-corrected chi connectivity index (χ1v) is 8.25. The van der Waals surface area contributed by atoms with Gasteiger partial charge < -0.3 is 15.0 Å². The number of hydrogen-bond donors (Lipinski definition) is 1. The van der Waals surface area contributed by atoms with Gasteiger partial charge in [0, 0.05) is 25.7 Å². The zero-order chi connectivity index (χ0) is 15.1. The molecule has 1 heterocycles. The summed E-state index contributed by atoms with van der Waals surface area (Å²) in [5.74, 6) is 0. The summed E-state index contributed by atoms with van der Waals surface area (Å²) in [7, 11) is 2.20. The van der Waals surface area contributed by atoms with Crippen molar-refractivity contribution < 1.29 is 4.74 Å². The van der Waals surface area contributed by atoms with Crippen LogP contribution in [0, 0.1) is 0 Å². The fourth-order valence-electron chi connectivity index (χ4n) is 2.84. The second kappa shape index (κ2) is 8.52. The number of nitrogens with one attached hydrogen (secondary N) is 1. The lowest BCUT2D eigenvalue weighted by atomic mass is 10.1. The van der Waals surface area contributed by atoms with Crippen LogP contribution in [-0.2, 0) is 11.2 Å². The Hall–Kier alpha value is -0.900. The minimum absolute atomic E-state index is 0.403. The van der Waals surface area contributed by atoms with E-state index in [0.717, 1.165) is 26.1 Å². The standard InChI is InChI=1S/C18H30N2O/c1-15(2)19-13-17-9-10-18(21-17)14-20(3)12-11-16-7-5-4-6-8-16/h4-8,15,17-19H,9-14H2,1-3H3. The van der Waals surface area contributed by atoms with Gasteiger partial charge in [0.15, 0.2) is 0 Å².